The van der Waals surface area contributed by atoms with Crippen LogP contribution in [0.1, 0.15) is 6.92 Å². The Morgan fingerprint density at radius 1 is 1.50 bits per heavy atom. The summed E-state index contributed by atoms with van der Waals surface area (Å²) in [6, 6.07) is 5.54. The third-order valence-electron chi connectivity index (χ3n) is 2.76. The molecule has 1 atom stereocenters. The summed E-state index contributed by atoms with van der Waals surface area (Å²) < 4.78 is 22.7. The van der Waals surface area contributed by atoms with E-state index in [1.165, 1.54) is 29.2 Å². The van der Waals surface area contributed by atoms with Crippen LogP contribution in [0.5, 0.6) is 0 Å². The molecule has 1 unspecified atom stereocenters. The van der Waals surface area contributed by atoms with Gasteiger partial charge in [-0.2, -0.15) is 0 Å². The Morgan fingerprint density at radius 3 is 2.85 bits per heavy atom. The highest BCUT2D eigenvalue weighted by Crippen LogP contribution is 2.21. The Kier molecular flexibility index (Phi) is 4.39. The van der Waals surface area contributed by atoms with E-state index in [9.17, 15) is 14.0 Å². The molecule has 1 aromatic rings. The van der Waals surface area contributed by atoms with Crippen molar-refractivity contribution in [2.75, 3.05) is 24.6 Å². The maximum absolute atomic E-state index is 12.8. The molecule has 1 aliphatic rings. The SMILES string of the molecule is CCOC(=O)NCC1CN(c2ccc(F)cc2)C(=O)O1. The molecule has 0 aromatic heterocycles. The molecule has 2 amide bonds. The van der Waals surface area contributed by atoms with Crippen LogP contribution in [0, 0.1) is 5.82 Å². The lowest BCUT2D eigenvalue weighted by Gasteiger charge is -2.12. The lowest BCUT2D eigenvalue weighted by atomic mass is 10.2. The number of rotatable bonds is 4. The number of cyclic esters (lactones) is 1. The molecule has 20 heavy (non-hydrogen) atoms. The van der Waals surface area contributed by atoms with Gasteiger partial charge < -0.3 is 14.8 Å². The largest absolute Gasteiger partial charge is 0.450 e. The van der Waals surface area contributed by atoms with Gasteiger partial charge in [0.2, 0.25) is 0 Å². The first kappa shape index (κ1) is 14.1. The summed E-state index contributed by atoms with van der Waals surface area (Å²) in [6.07, 6.45) is -1.53. The Labute approximate surface area is 115 Å². The molecule has 0 radical (unpaired) electrons. The van der Waals surface area contributed by atoms with Crippen LogP contribution < -0.4 is 10.2 Å². The summed E-state index contributed by atoms with van der Waals surface area (Å²) in [6.45, 7) is 2.43. The predicted molar refractivity (Wildman–Crippen MR) is 69.0 cm³/mol. The van der Waals surface area contributed by atoms with Crippen LogP contribution in [0.15, 0.2) is 24.3 Å². The number of anilines is 1. The first-order valence-corrected chi connectivity index (χ1v) is 6.24. The third-order valence-corrected chi connectivity index (χ3v) is 2.76. The number of ether oxygens (including phenoxy) is 2. The predicted octanol–water partition coefficient (Wildman–Crippen LogP) is 1.90. The Hall–Kier alpha value is -2.31. The summed E-state index contributed by atoms with van der Waals surface area (Å²) >= 11 is 0. The Morgan fingerprint density at radius 2 is 2.20 bits per heavy atom. The van der Waals surface area contributed by atoms with E-state index in [0.717, 1.165) is 0 Å². The lowest BCUT2D eigenvalue weighted by molar-refractivity contribution is 0.127. The minimum absolute atomic E-state index is 0.169. The Balaban J connectivity index is 1.90. The number of halogens is 1. The van der Waals surface area contributed by atoms with Gasteiger partial charge >= 0.3 is 12.2 Å². The zero-order chi connectivity index (χ0) is 14.5. The number of nitrogens with zero attached hydrogens (tertiary/aromatic N) is 1. The quantitative estimate of drug-likeness (QED) is 0.915. The van der Waals surface area contributed by atoms with Crippen LogP contribution >= 0.6 is 0 Å². The van der Waals surface area contributed by atoms with Crippen LogP contribution in [0.3, 0.4) is 0 Å². The zero-order valence-corrected chi connectivity index (χ0v) is 11.0. The van der Waals surface area contributed by atoms with Crippen LogP contribution in [0.4, 0.5) is 19.7 Å². The second-order valence-corrected chi connectivity index (χ2v) is 4.19. The van der Waals surface area contributed by atoms with E-state index in [1.54, 1.807) is 6.92 Å². The fourth-order valence-corrected chi connectivity index (χ4v) is 1.84. The molecule has 1 saturated heterocycles. The first-order chi connectivity index (χ1) is 9.60. The van der Waals surface area contributed by atoms with Crippen molar-refractivity contribution in [3.8, 4) is 0 Å². The highest BCUT2D eigenvalue weighted by molar-refractivity contribution is 5.89. The molecule has 1 aliphatic heterocycles. The summed E-state index contributed by atoms with van der Waals surface area (Å²) in [5.41, 5.74) is 0.551. The molecule has 1 fully saturated rings. The van der Waals surface area contributed by atoms with Crippen molar-refractivity contribution in [3.05, 3.63) is 30.1 Å². The number of amides is 2. The number of alkyl carbamates (subject to hydrolysis) is 1. The number of hydrogen-bond donors (Lipinski definition) is 1. The van der Waals surface area contributed by atoms with Gasteiger partial charge in [-0.05, 0) is 31.2 Å². The van der Waals surface area contributed by atoms with Gasteiger partial charge in [0.15, 0.2) is 0 Å². The fourth-order valence-electron chi connectivity index (χ4n) is 1.84. The third kappa shape index (κ3) is 3.37. The number of hydrogen-bond acceptors (Lipinski definition) is 4. The van der Waals surface area contributed by atoms with Crippen molar-refractivity contribution < 1.29 is 23.5 Å². The lowest BCUT2D eigenvalue weighted by Crippen LogP contribution is -2.34. The molecule has 7 heteroatoms. The van der Waals surface area contributed by atoms with E-state index < -0.39 is 18.3 Å². The van der Waals surface area contributed by atoms with E-state index in [1.807, 2.05) is 0 Å². The van der Waals surface area contributed by atoms with Gasteiger partial charge in [-0.25, -0.2) is 14.0 Å². The number of nitrogens with one attached hydrogen (secondary N) is 1. The maximum atomic E-state index is 12.8. The van der Waals surface area contributed by atoms with Crippen molar-refractivity contribution in [1.29, 1.82) is 0 Å². The smallest absolute Gasteiger partial charge is 0.414 e. The molecule has 2 rings (SSSR count). The highest BCUT2D eigenvalue weighted by atomic mass is 19.1. The van der Waals surface area contributed by atoms with Gasteiger partial charge in [-0.1, -0.05) is 0 Å². The minimum Gasteiger partial charge on any atom is -0.450 e. The van der Waals surface area contributed by atoms with Crippen molar-refractivity contribution >= 4 is 17.9 Å². The van der Waals surface area contributed by atoms with E-state index in [2.05, 4.69) is 5.32 Å². The van der Waals surface area contributed by atoms with E-state index in [0.29, 0.717) is 5.69 Å². The van der Waals surface area contributed by atoms with Crippen LogP contribution in [-0.4, -0.2) is 38.0 Å². The van der Waals surface area contributed by atoms with Crippen LogP contribution in [0.25, 0.3) is 0 Å². The Bertz CT molecular complexity index is 492. The van der Waals surface area contributed by atoms with Gasteiger partial charge in [0.25, 0.3) is 0 Å². The molecule has 1 heterocycles. The molecule has 0 aliphatic carbocycles. The molecular formula is C13H15FN2O4. The monoisotopic (exact) mass is 282 g/mol. The zero-order valence-electron chi connectivity index (χ0n) is 11.0. The highest BCUT2D eigenvalue weighted by Gasteiger charge is 2.32. The van der Waals surface area contributed by atoms with Crippen molar-refractivity contribution in [2.45, 2.75) is 13.0 Å². The van der Waals surface area contributed by atoms with Gasteiger partial charge in [-0.3, -0.25) is 4.90 Å². The average Bonchev–Trinajstić information content (AvgIpc) is 2.79. The summed E-state index contributed by atoms with van der Waals surface area (Å²) in [7, 11) is 0. The topological polar surface area (TPSA) is 67.9 Å². The fraction of sp³-hybridized carbons (Fsp3) is 0.385. The summed E-state index contributed by atoms with van der Waals surface area (Å²) in [5, 5.41) is 2.50. The molecule has 0 saturated carbocycles. The molecule has 0 bridgehead atoms. The van der Waals surface area contributed by atoms with Crippen LogP contribution in [0.2, 0.25) is 0 Å². The molecular weight excluding hydrogens is 267 g/mol. The summed E-state index contributed by atoms with van der Waals surface area (Å²) in [4.78, 5) is 24.2. The second-order valence-electron chi connectivity index (χ2n) is 4.19. The van der Waals surface area contributed by atoms with E-state index >= 15 is 0 Å². The molecule has 0 spiro atoms. The first-order valence-electron chi connectivity index (χ1n) is 6.24. The molecule has 1 aromatic carbocycles. The van der Waals surface area contributed by atoms with Crippen molar-refractivity contribution in [2.24, 2.45) is 0 Å². The number of carbonyl (C=O) groups is 2. The van der Waals surface area contributed by atoms with Crippen molar-refractivity contribution in [1.82, 2.24) is 5.32 Å². The molecule has 108 valence electrons. The second kappa shape index (κ2) is 6.23. The number of benzene rings is 1. The van der Waals surface area contributed by atoms with E-state index in [4.69, 9.17) is 9.47 Å². The van der Waals surface area contributed by atoms with E-state index in [-0.39, 0.29) is 25.5 Å². The van der Waals surface area contributed by atoms with Gasteiger partial charge in [0.05, 0.1) is 19.7 Å². The van der Waals surface area contributed by atoms with Crippen LogP contribution in [-0.2, 0) is 9.47 Å². The van der Waals surface area contributed by atoms with Gasteiger partial charge in [0, 0.05) is 5.69 Å². The molecule has 6 nitrogen and oxygen atoms in total. The maximum Gasteiger partial charge on any atom is 0.414 e. The average molecular weight is 282 g/mol. The van der Waals surface area contributed by atoms with Crippen molar-refractivity contribution in [3.63, 3.8) is 0 Å². The minimum atomic E-state index is -0.552. The summed E-state index contributed by atoms with van der Waals surface area (Å²) in [5.74, 6) is -0.373. The molecule has 1 N–H and O–H groups in total. The van der Waals surface area contributed by atoms with Gasteiger partial charge in [0.1, 0.15) is 11.9 Å². The standard InChI is InChI=1S/C13H15FN2O4/c1-2-19-12(17)15-7-11-8-16(13(18)20-11)10-5-3-9(14)4-6-10/h3-6,11H,2,7-8H2,1H3,(H,15,17). The normalized spacial score (nSPS) is 17.8. The number of carbonyl (C=O) groups excluding carboxylic acids is 2. The van der Waals surface area contributed by atoms with Gasteiger partial charge in [-0.15, -0.1) is 0 Å².